The molecule has 1 fully saturated rings. The second kappa shape index (κ2) is 9.29. The van der Waals surface area contributed by atoms with Crippen molar-refractivity contribution in [3.8, 4) is 0 Å². The van der Waals surface area contributed by atoms with Gasteiger partial charge < -0.3 is 5.32 Å². The van der Waals surface area contributed by atoms with Crippen LogP contribution in [0.3, 0.4) is 0 Å². The van der Waals surface area contributed by atoms with Crippen molar-refractivity contribution in [3.63, 3.8) is 0 Å². The molecule has 0 aromatic carbocycles. The summed E-state index contributed by atoms with van der Waals surface area (Å²) >= 11 is 10.6. The quantitative estimate of drug-likeness (QED) is 0.798. The summed E-state index contributed by atoms with van der Waals surface area (Å²) in [5, 5.41) is 5.98. The van der Waals surface area contributed by atoms with Gasteiger partial charge in [-0.1, -0.05) is 25.4 Å². The van der Waals surface area contributed by atoms with Crippen LogP contribution in [-0.2, 0) is 6.42 Å². The highest BCUT2D eigenvalue weighted by molar-refractivity contribution is 8.07. The number of rotatable bonds is 7. The van der Waals surface area contributed by atoms with Gasteiger partial charge in [-0.2, -0.15) is 23.5 Å². The van der Waals surface area contributed by atoms with E-state index in [9.17, 15) is 0 Å². The lowest BCUT2D eigenvalue weighted by atomic mass is 10.0. The maximum atomic E-state index is 6.31. The molecule has 0 aliphatic carbocycles. The van der Waals surface area contributed by atoms with E-state index in [4.69, 9.17) is 11.6 Å². The van der Waals surface area contributed by atoms with Crippen LogP contribution in [0, 0.1) is 0 Å². The Morgan fingerprint density at radius 1 is 1.38 bits per heavy atom. The number of thioether (sulfide) groups is 2. The summed E-state index contributed by atoms with van der Waals surface area (Å²) < 4.78 is 0. The summed E-state index contributed by atoms with van der Waals surface area (Å²) in [4.78, 5) is 4.10. The molecule has 0 saturated carbocycles. The lowest BCUT2D eigenvalue weighted by molar-refractivity contribution is 0.477. The van der Waals surface area contributed by atoms with Crippen LogP contribution in [0.5, 0.6) is 0 Å². The molecule has 1 N–H and O–H groups in total. The molecule has 1 aliphatic rings. The predicted octanol–water partition coefficient (Wildman–Crippen LogP) is 4.27. The molecule has 2 rings (SSSR count). The Balaban J connectivity index is 2.11. The van der Waals surface area contributed by atoms with Crippen LogP contribution in [-0.4, -0.2) is 39.6 Å². The van der Waals surface area contributed by atoms with Crippen molar-refractivity contribution in [2.45, 2.75) is 49.7 Å². The van der Waals surface area contributed by atoms with Crippen molar-refractivity contribution >= 4 is 35.1 Å². The Hall–Kier alpha value is 0.1000. The van der Waals surface area contributed by atoms with Gasteiger partial charge in [0.1, 0.15) is 0 Å². The van der Waals surface area contributed by atoms with E-state index in [0.717, 1.165) is 23.2 Å². The summed E-state index contributed by atoms with van der Waals surface area (Å²) in [6, 6.07) is 2.55. The second-order valence-corrected chi connectivity index (χ2v) is 8.42. The minimum Gasteiger partial charge on any atom is -0.313 e. The number of halogens is 1. The van der Waals surface area contributed by atoms with Crippen molar-refractivity contribution in [3.05, 3.63) is 29.0 Å². The number of nitrogens with zero attached hydrogens (tertiary/aromatic N) is 1. The fourth-order valence-corrected chi connectivity index (χ4v) is 6.21. The molecule has 1 aromatic heterocycles. The van der Waals surface area contributed by atoms with Gasteiger partial charge in [-0.3, -0.25) is 4.98 Å². The van der Waals surface area contributed by atoms with E-state index in [-0.39, 0.29) is 0 Å². The minimum absolute atomic E-state index is 0.493. The Labute approximate surface area is 142 Å². The lowest BCUT2D eigenvalue weighted by Gasteiger charge is -2.36. The first-order chi connectivity index (χ1) is 10.3. The molecular formula is C16H25ClN2S2. The van der Waals surface area contributed by atoms with E-state index in [1.165, 1.54) is 29.9 Å². The molecule has 0 spiro atoms. The van der Waals surface area contributed by atoms with E-state index in [2.05, 4.69) is 53.7 Å². The Bertz CT molecular complexity index is 430. The van der Waals surface area contributed by atoms with Gasteiger partial charge in [0.05, 0.1) is 5.02 Å². The molecule has 21 heavy (non-hydrogen) atoms. The summed E-state index contributed by atoms with van der Waals surface area (Å²) in [5.41, 5.74) is 1.21. The molecular weight excluding hydrogens is 320 g/mol. The Morgan fingerprint density at radius 2 is 2.19 bits per heavy atom. The molecule has 1 aromatic rings. The van der Waals surface area contributed by atoms with Crippen molar-refractivity contribution in [1.82, 2.24) is 10.3 Å². The van der Waals surface area contributed by atoms with Gasteiger partial charge in [-0.25, -0.2) is 0 Å². The predicted molar refractivity (Wildman–Crippen MR) is 97.8 cm³/mol. The van der Waals surface area contributed by atoms with E-state index in [1.807, 2.05) is 6.20 Å². The van der Waals surface area contributed by atoms with Crippen molar-refractivity contribution in [2.75, 3.05) is 18.1 Å². The van der Waals surface area contributed by atoms with Crippen LogP contribution in [0.25, 0.3) is 0 Å². The highest BCUT2D eigenvalue weighted by atomic mass is 35.5. The monoisotopic (exact) mass is 344 g/mol. The average molecular weight is 345 g/mol. The van der Waals surface area contributed by atoms with Gasteiger partial charge in [-0.05, 0) is 37.4 Å². The van der Waals surface area contributed by atoms with Gasteiger partial charge in [0.2, 0.25) is 0 Å². The molecule has 3 unspecified atom stereocenters. The minimum atomic E-state index is 0.493. The molecule has 0 bridgehead atoms. The number of nitrogens with one attached hydrogen (secondary N) is 1. The van der Waals surface area contributed by atoms with Crippen molar-refractivity contribution < 1.29 is 0 Å². The van der Waals surface area contributed by atoms with Gasteiger partial charge in [0.25, 0.3) is 0 Å². The topological polar surface area (TPSA) is 24.9 Å². The van der Waals surface area contributed by atoms with Crippen LogP contribution in [0.15, 0.2) is 18.5 Å². The van der Waals surface area contributed by atoms with Gasteiger partial charge in [0, 0.05) is 40.4 Å². The smallest absolute Gasteiger partial charge is 0.0621 e. The summed E-state index contributed by atoms with van der Waals surface area (Å²) in [7, 11) is 0. The zero-order valence-electron chi connectivity index (χ0n) is 12.8. The number of hydrogen-bond acceptors (Lipinski definition) is 4. The molecule has 0 radical (unpaired) electrons. The zero-order chi connectivity index (χ0) is 15.1. The van der Waals surface area contributed by atoms with Crippen LogP contribution < -0.4 is 5.32 Å². The first-order valence-corrected chi connectivity index (χ1v) is 10.3. The highest BCUT2D eigenvalue weighted by Crippen LogP contribution is 2.36. The average Bonchev–Trinajstić information content (AvgIpc) is 2.53. The van der Waals surface area contributed by atoms with Crippen LogP contribution >= 0.6 is 35.1 Å². The number of hydrogen-bond donors (Lipinski definition) is 1. The third-order valence-electron chi connectivity index (χ3n) is 3.84. The van der Waals surface area contributed by atoms with Crippen LogP contribution in [0.2, 0.25) is 5.02 Å². The highest BCUT2D eigenvalue weighted by Gasteiger charge is 2.32. The normalized spacial score (nSPS) is 24.0. The van der Waals surface area contributed by atoms with Gasteiger partial charge >= 0.3 is 0 Å². The molecule has 0 amide bonds. The van der Waals surface area contributed by atoms with E-state index < -0.39 is 0 Å². The molecule has 2 nitrogen and oxygen atoms in total. The second-order valence-electron chi connectivity index (χ2n) is 5.38. The van der Waals surface area contributed by atoms with Crippen LogP contribution in [0.1, 0.15) is 32.3 Å². The first kappa shape index (κ1) is 17.5. The first-order valence-electron chi connectivity index (χ1n) is 7.81. The molecule has 1 aliphatic heterocycles. The summed E-state index contributed by atoms with van der Waals surface area (Å²) in [6.07, 6.45) is 7.01. The number of aromatic nitrogens is 1. The maximum absolute atomic E-state index is 6.31. The van der Waals surface area contributed by atoms with Crippen molar-refractivity contribution in [1.29, 1.82) is 0 Å². The summed E-state index contributed by atoms with van der Waals surface area (Å²) in [5.74, 6) is 2.55. The molecule has 3 atom stereocenters. The third-order valence-corrected chi connectivity index (χ3v) is 7.59. The van der Waals surface area contributed by atoms with E-state index in [0.29, 0.717) is 11.3 Å². The molecule has 2 heterocycles. The van der Waals surface area contributed by atoms with Gasteiger partial charge in [-0.15, -0.1) is 0 Å². The summed E-state index contributed by atoms with van der Waals surface area (Å²) in [6.45, 7) is 5.61. The third kappa shape index (κ3) is 5.05. The molecule has 1 saturated heterocycles. The molecule has 5 heteroatoms. The van der Waals surface area contributed by atoms with E-state index >= 15 is 0 Å². The van der Waals surface area contributed by atoms with Gasteiger partial charge in [0.15, 0.2) is 0 Å². The SMILES string of the molecule is CCCNC(Cc1ccncc1Cl)C1SCCSC1CC. The fraction of sp³-hybridized carbons (Fsp3) is 0.688. The zero-order valence-corrected chi connectivity index (χ0v) is 15.2. The largest absolute Gasteiger partial charge is 0.313 e. The van der Waals surface area contributed by atoms with Crippen LogP contribution in [0.4, 0.5) is 0 Å². The Morgan fingerprint density at radius 3 is 2.90 bits per heavy atom. The maximum Gasteiger partial charge on any atom is 0.0621 e. The Kier molecular flexibility index (Phi) is 7.72. The van der Waals surface area contributed by atoms with Crippen molar-refractivity contribution in [2.24, 2.45) is 0 Å². The molecule has 118 valence electrons. The lowest BCUT2D eigenvalue weighted by Crippen LogP contribution is -2.46. The fourth-order valence-electron chi connectivity index (χ4n) is 2.75. The van der Waals surface area contributed by atoms with E-state index in [1.54, 1.807) is 6.20 Å². The standard InChI is InChI=1S/C16H25ClN2S2/c1-3-6-19-14(10-12-5-7-18-11-13(12)17)16-15(4-2)20-8-9-21-16/h5,7,11,14-16,19H,3-4,6,8-10H2,1-2H3. The number of pyridine rings is 1.